The Bertz CT molecular complexity index is 2460. The Hall–Kier alpha value is -3.39. The minimum atomic E-state index is -2.74. The zero-order valence-corrected chi connectivity index (χ0v) is 71.2. The number of esters is 4. The molecule has 47 nitrogen and oxygen atoms in total. The van der Waals surface area contributed by atoms with Crippen LogP contribution in [0.1, 0.15) is 93.4 Å². The van der Waals surface area contributed by atoms with Gasteiger partial charge in [-0.3, -0.25) is 34.0 Å². The van der Waals surface area contributed by atoms with Gasteiger partial charge in [0, 0.05) is 58.5 Å². The second-order valence-electron chi connectivity index (χ2n) is 24.1. The maximum Gasteiger partial charge on any atom is 1.00 e. The van der Waals surface area contributed by atoms with Crippen LogP contribution in [-0.2, 0) is 115 Å². The van der Waals surface area contributed by atoms with E-state index in [4.69, 9.17) is 140 Å². The van der Waals surface area contributed by atoms with Gasteiger partial charge in [0.15, 0.2) is 30.1 Å². The van der Waals surface area contributed by atoms with Crippen molar-refractivity contribution in [1.29, 1.82) is 0 Å². The number of ether oxygens (including phenoxy) is 12. The molecule has 0 spiro atoms. The van der Waals surface area contributed by atoms with E-state index in [1.165, 1.54) is 35.4 Å². The van der Waals surface area contributed by atoms with Crippen LogP contribution in [0, 0.1) is 23.7 Å². The summed E-state index contributed by atoms with van der Waals surface area (Å²) >= 11 is 12.0. The minimum absolute atomic E-state index is 0. The van der Waals surface area contributed by atoms with Crippen molar-refractivity contribution in [2.45, 2.75) is 215 Å². The largest absolute Gasteiger partial charge is 1.00 e. The van der Waals surface area contributed by atoms with Gasteiger partial charge in [0.1, 0.15) is 37.0 Å². The van der Waals surface area contributed by atoms with Gasteiger partial charge in [-0.1, -0.05) is 27.7 Å². The average Bonchev–Trinajstić information content (AvgIpc) is 1.63. The molecular weight excluding hydrogens is 1650 g/mol. The number of aliphatic hydroxyl groups excluding tert-OH is 11. The molecule has 0 aromatic heterocycles. The molecule has 7 heterocycles. The Kier molecular flexibility index (Phi) is 76.7. The first kappa shape index (κ1) is 126. The number of cyclic esters (lactones) is 4. The van der Waals surface area contributed by atoms with Gasteiger partial charge in [-0.15, -0.1) is 11.6 Å². The smallest absolute Gasteiger partial charge is 0.847 e. The number of epoxide rings is 1. The third-order valence-corrected chi connectivity index (χ3v) is 15.4. The van der Waals surface area contributed by atoms with Gasteiger partial charge in [0.2, 0.25) is 5.22 Å². The van der Waals surface area contributed by atoms with E-state index in [0.717, 1.165) is 6.61 Å². The summed E-state index contributed by atoms with van der Waals surface area (Å²) in [6.45, 7) is 14.5. The van der Waals surface area contributed by atoms with Gasteiger partial charge in [0.05, 0.1) is 151 Å². The molecule has 7 aliphatic rings. The number of aliphatic hydroxyl groups is 13. The molecule has 23 atom stereocenters. The van der Waals surface area contributed by atoms with Crippen LogP contribution in [0.25, 0.3) is 0 Å². The third kappa shape index (κ3) is 53.3. The number of aliphatic carboxylic acids is 5. The summed E-state index contributed by atoms with van der Waals surface area (Å²) in [4.78, 5) is 107. The molecule has 7 aliphatic heterocycles. The standard InChI is InChI=1S/C11H22O6.2C8H16O5.C8H15O5.C6H8O7.C5H6O6.C5H8O3.C4H4O3.C3H6O.2C2H3ClO2.2Na.H2OS.H2O/c1-6(13)5-16-10-9(14)7(2)8(4-12)17-11(10)15-3;3*1-4-5(3-9)13-8(12-2)7(11)6(4)10;7-3(8)1-6(13,5(11)12)2-4(9)10;6-3-1-5(8,2-10-9)4(7)11-3;1-4(6)2-3-5(7)8;5-3-1-2-4(6)7-3;1-3-2-4-3;1-2(3)5-4;3-1-2(4)5;;;1-2;/h6-14H,4-5H2,1-3H3;2*4-11H,3H2,1-2H3;4-10H,3H2,1-2H3;13H,1-2H2,(H,7,8)(H,9,10)(H,11,12);8-9H,1-2H2;2-3H2,1H3,(H,7,8);1-2H2;3H,2H2,1H3;4H,1H2;1H2,(H,4,5);;;1-2H;1H2/q;;;-1;;;;;;;;2*+1;;/p-1. The van der Waals surface area contributed by atoms with E-state index in [-0.39, 0.29) is 158 Å². The fraction of sp³-hybridized carbons (Fsp3) is 0.806. The predicted molar refractivity (Wildman–Crippen MR) is 368 cm³/mol. The molecule has 7 rings (SSSR count). The first-order valence-electron chi connectivity index (χ1n) is 32.6. The van der Waals surface area contributed by atoms with Crippen molar-refractivity contribution in [3.8, 4) is 0 Å². The maximum atomic E-state index is 11.3. The molecule has 0 bridgehead atoms. The quantitative estimate of drug-likeness (QED) is 0.00432. The average molecular weight is 1760 g/mol. The summed E-state index contributed by atoms with van der Waals surface area (Å²) in [5, 5.41) is 189. The van der Waals surface area contributed by atoms with Gasteiger partial charge in [-0.25, -0.2) is 19.7 Å². The van der Waals surface area contributed by atoms with Crippen molar-refractivity contribution in [3.05, 3.63) is 11.8 Å². The second-order valence-corrected chi connectivity index (χ2v) is 24.8. The summed E-state index contributed by atoms with van der Waals surface area (Å²) in [6, 6.07) is 0. The van der Waals surface area contributed by atoms with E-state index in [1.807, 2.05) is 0 Å². The Labute approximate surface area is 713 Å². The Morgan fingerprint density at radius 1 is 0.623 bits per heavy atom. The van der Waals surface area contributed by atoms with E-state index < -0.39 is 201 Å². The molecule has 23 unspecified atom stereocenters. The molecule has 52 heteroatoms. The molecule has 0 aromatic carbocycles. The summed E-state index contributed by atoms with van der Waals surface area (Å²) in [5.41, 5.74) is -4.75. The van der Waals surface area contributed by atoms with Crippen LogP contribution >= 0.6 is 36.1 Å². The third-order valence-electron chi connectivity index (χ3n) is 15.2. The van der Waals surface area contributed by atoms with Gasteiger partial charge >= 0.3 is 107 Å². The second kappa shape index (κ2) is 69.3. The maximum absolute atomic E-state index is 11.3. The van der Waals surface area contributed by atoms with E-state index >= 15 is 0 Å². The summed E-state index contributed by atoms with van der Waals surface area (Å²) < 4.78 is 65.3. The SMILES string of the molecule is C=C(Cl)OO.CC(=O)CCC(=O)O.CC1CO1.COC1OC(CO)C(C)C(O)C1O.COC1OC(CO)C(C)C(O)C1O.COC1OC(CO)C(C)C(O)C1OCC(C)O.COC1OC(CO)C(C)C(O)C1[O-].O.O=C(O)CC(O)(CC(=O)O)C(=O)O.O=C([O-])CCl.O=C1CC(O)(COO)C(=O)O1.O=C1CCC(=O)O1.OS.[Na+].[Na+]. The van der Waals surface area contributed by atoms with Gasteiger partial charge in [-0.05, 0) is 58.0 Å². The van der Waals surface area contributed by atoms with Crippen LogP contribution in [0.15, 0.2) is 11.8 Å². The Morgan fingerprint density at radius 3 is 1.18 bits per heavy atom. The molecule has 22 N–H and O–H groups in total. The van der Waals surface area contributed by atoms with E-state index in [2.05, 4.69) is 57.3 Å². The molecule has 0 saturated carbocycles. The van der Waals surface area contributed by atoms with Crippen molar-refractivity contribution in [2.75, 3.05) is 80.6 Å². The van der Waals surface area contributed by atoms with Crippen LogP contribution in [0.4, 0.5) is 0 Å². The van der Waals surface area contributed by atoms with Gasteiger partial charge in [-0.2, -0.15) is 0 Å². The number of ketones is 1. The zero-order valence-electron chi connectivity index (χ0n) is 64.8. The monoisotopic (exact) mass is 1750 g/mol. The molecule has 662 valence electrons. The van der Waals surface area contributed by atoms with Crippen LogP contribution in [0.5, 0.6) is 0 Å². The van der Waals surface area contributed by atoms with Crippen molar-refractivity contribution >= 4 is 95.6 Å². The number of carboxylic acid groups (broad SMARTS) is 5. The fourth-order valence-electron chi connectivity index (χ4n) is 8.57. The van der Waals surface area contributed by atoms with E-state index in [1.54, 1.807) is 34.6 Å². The van der Waals surface area contributed by atoms with Crippen molar-refractivity contribution in [2.24, 2.45) is 23.7 Å². The summed E-state index contributed by atoms with van der Waals surface area (Å²) in [7, 11) is 5.54. The number of hydrogen-bond acceptors (Lipinski definition) is 43. The number of thiol groups is 1. The molecule has 7 fully saturated rings. The number of alkyl halides is 1. The normalized spacial score (nSPS) is 30.0. The number of halogens is 2. The number of rotatable bonds is 23. The zero-order chi connectivity index (χ0) is 87.6. The Morgan fingerprint density at radius 2 is 0.956 bits per heavy atom. The topological polar surface area (TPSA) is 785 Å². The van der Waals surface area contributed by atoms with E-state index in [0.29, 0.717) is 6.10 Å². The fourth-order valence-corrected chi connectivity index (χ4v) is 8.57. The van der Waals surface area contributed by atoms with E-state index in [9.17, 15) is 78.9 Å². The number of methoxy groups -OCH3 is 4. The predicted octanol–water partition coefficient (Wildman–Crippen LogP) is -13.5. The van der Waals surface area contributed by atoms with Crippen LogP contribution in [0.2, 0.25) is 0 Å². The molecule has 0 amide bonds. The number of carbonyl (C=O) groups excluding carboxylic acids is 6. The number of Topliss-reactive ketones (excluding diaryl/α,β-unsaturated/α-hetero) is 1. The molecule has 114 heavy (non-hydrogen) atoms. The molecule has 0 aliphatic carbocycles. The first-order valence-corrected chi connectivity index (χ1v) is 33.9. The first-order chi connectivity index (χ1) is 51.6. The van der Waals surface area contributed by atoms with Gasteiger partial charge in [0.25, 0.3) is 0 Å². The molecule has 7 saturated heterocycles. The summed E-state index contributed by atoms with van der Waals surface area (Å²) in [6.07, 6.45) is -15.3. The van der Waals surface area contributed by atoms with Crippen LogP contribution in [0.3, 0.4) is 0 Å². The Balaban J connectivity index is -0.000000183. The minimum Gasteiger partial charge on any atom is -0.847 e. The molecule has 0 radical (unpaired) electrons. The summed E-state index contributed by atoms with van der Waals surface area (Å²) in [5.74, 6) is -11.6. The van der Waals surface area contributed by atoms with Crippen LogP contribution < -0.4 is 69.3 Å². The number of hydrogen-bond donors (Lipinski definition) is 21. The van der Waals surface area contributed by atoms with Gasteiger partial charge < -0.3 is 178 Å². The van der Waals surface area contributed by atoms with Crippen molar-refractivity contribution in [1.82, 2.24) is 0 Å². The molecule has 0 aromatic rings. The van der Waals surface area contributed by atoms with Crippen molar-refractivity contribution < 1.29 is 291 Å². The molecular formula is C62H110Cl2Na2O47S. The van der Waals surface area contributed by atoms with Crippen molar-refractivity contribution in [3.63, 3.8) is 0 Å². The number of carboxylic acids is 5. The van der Waals surface area contributed by atoms with Crippen LogP contribution in [-0.4, -0.2) is 369 Å². The number of carbonyl (C=O) groups is 10.